The highest BCUT2D eigenvalue weighted by atomic mass is 16.3. The number of ketones is 1. The van der Waals surface area contributed by atoms with E-state index in [1.54, 1.807) is 16.9 Å². The van der Waals surface area contributed by atoms with Gasteiger partial charge in [-0.2, -0.15) is 5.10 Å². The van der Waals surface area contributed by atoms with Gasteiger partial charge < -0.3 is 10.4 Å². The summed E-state index contributed by atoms with van der Waals surface area (Å²) in [5.74, 6) is 1.01. The predicted molar refractivity (Wildman–Crippen MR) is 105 cm³/mol. The maximum absolute atomic E-state index is 13.0. The van der Waals surface area contributed by atoms with Crippen molar-refractivity contribution in [3.63, 3.8) is 0 Å². The maximum Gasteiger partial charge on any atom is 0.218 e. The largest absolute Gasteiger partial charge is 0.396 e. The zero-order chi connectivity index (χ0) is 19.5. The van der Waals surface area contributed by atoms with Gasteiger partial charge in [0, 0.05) is 25.0 Å². The summed E-state index contributed by atoms with van der Waals surface area (Å²) in [5.41, 5.74) is 1.63. The van der Waals surface area contributed by atoms with Gasteiger partial charge in [-0.05, 0) is 42.9 Å². The number of hydrogen-bond donors (Lipinski definition) is 2. The lowest BCUT2D eigenvalue weighted by Crippen LogP contribution is -2.20. The molecular weight excluding hydrogens is 354 g/mol. The normalized spacial score (nSPS) is 21.6. The first-order valence-electron chi connectivity index (χ1n) is 9.49. The molecule has 1 fully saturated rings. The molecule has 2 N–H and O–H groups in total. The second kappa shape index (κ2) is 7.90. The van der Waals surface area contributed by atoms with Gasteiger partial charge in [0.1, 0.15) is 17.8 Å². The van der Waals surface area contributed by atoms with Crippen LogP contribution in [-0.2, 0) is 0 Å². The van der Waals surface area contributed by atoms with E-state index in [4.69, 9.17) is 0 Å². The van der Waals surface area contributed by atoms with Crippen LogP contribution >= 0.6 is 0 Å². The average molecular weight is 377 g/mol. The summed E-state index contributed by atoms with van der Waals surface area (Å²) < 4.78 is 1.68. The number of nitrogens with zero attached hydrogens (tertiary/aromatic N) is 4. The minimum absolute atomic E-state index is 0.176. The quantitative estimate of drug-likeness (QED) is 0.642. The molecule has 1 aromatic carbocycles. The van der Waals surface area contributed by atoms with Crippen molar-refractivity contribution in [3.8, 4) is 5.69 Å². The van der Waals surface area contributed by atoms with Gasteiger partial charge >= 0.3 is 0 Å². The highest BCUT2D eigenvalue weighted by Crippen LogP contribution is 2.33. The molecule has 2 aromatic heterocycles. The molecule has 0 amide bonds. The smallest absolute Gasteiger partial charge is 0.218 e. The average Bonchev–Trinajstić information content (AvgIpc) is 3.35. The van der Waals surface area contributed by atoms with Crippen LogP contribution in [0.25, 0.3) is 5.69 Å². The van der Waals surface area contributed by atoms with E-state index in [1.165, 1.54) is 12.5 Å². The van der Waals surface area contributed by atoms with Crippen molar-refractivity contribution in [2.75, 3.05) is 11.9 Å². The van der Waals surface area contributed by atoms with E-state index in [0.29, 0.717) is 23.0 Å². The Morgan fingerprint density at radius 3 is 2.82 bits per heavy atom. The van der Waals surface area contributed by atoms with Crippen LogP contribution in [-0.4, -0.2) is 43.3 Å². The summed E-state index contributed by atoms with van der Waals surface area (Å²) in [6, 6.07) is 11.5. The van der Waals surface area contributed by atoms with E-state index in [2.05, 4.69) is 27.3 Å². The Hall–Kier alpha value is -3.06. The number of benzene rings is 1. The molecule has 144 valence electrons. The molecule has 0 radical (unpaired) electrons. The van der Waals surface area contributed by atoms with Gasteiger partial charge in [0.25, 0.3) is 0 Å². The van der Waals surface area contributed by atoms with Crippen molar-refractivity contribution in [1.29, 1.82) is 0 Å². The molecule has 0 saturated heterocycles. The Morgan fingerprint density at radius 2 is 2.07 bits per heavy atom. The van der Waals surface area contributed by atoms with Crippen molar-refractivity contribution in [1.82, 2.24) is 19.7 Å². The lowest BCUT2D eigenvalue weighted by molar-refractivity contribution is 0.103. The maximum atomic E-state index is 13.0. The van der Waals surface area contributed by atoms with Gasteiger partial charge in [-0.15, -0.1) is 0 Å². The van der Waals surface area contributed by atoms with E-state index in [9.17, 15) is 9.90 Å². The van der Waals surface area contributed by atoms with Gasteiger partial charge in [0.05, 0.1) is 11.3 Å². The van der Waals surface area contributed by atoms with Crippen LogP contribution in [0.4, 0.5) is 5.82 Å². The molecule has 2 heterocycles. The Morgan fingerprint density at radius 1 is 1.25 bits per heavy atom. The molecule has 1 aliphatic carbocycles. The van der Waals surface area contributed by atoms with Crippen molar-refractivity contribution < 1.29 is 9.90 Å². The number of aliphatic hydroxyl groups excluding tert-OH is 1. The number of carbonyl (C=O) groups excluding carboxylic acids is 1. The Kier molecular flexibility index (Phi) is 5.16. The highest BCUT2D eigenvalue weighted by Gasteiger charge is 2.31. The van der Waals surface area contributed by atoms with Gasteiger partial charge in [0.15, 0.2) is 0 Å². The molecular formula is C21H23N5O2. The molecule has 1 aliphatic rings. The molecule has 0 aliphatic heterocycles. The highest BCUT2D eigenvalue weighted by molar-refractivity contribution is 6.10. The van der Waals surface area contributed by atoms with Crippen molar-refractivity contribution in [2.45, 2.75) is 25.8 Å². The second-order valence-electron chi connectivity index (χ2n) is 7.33. The molecule has 3 atom stereocenters. The monoisotopic (exact) mass is 377 g/mol. The van der Waals surface area contributed by atoms with Crippen molar-refractivity contribution in [3.05, 3.63) is 66.4 Å². The SMILES string of the molecule is C[C@H]1C[C@H](Nc2ncncc2C(=O)c2ccn(-c3ccccc3)n2)C[C@@H]1CO. The van der Waals surface area contributed by atoms with Gasteiger partial charge in [-0.3, -0.25) is 4.79 Å². The van der Waals surface area contributed by atoms with Crippen LogP contribution in [0.3, 0.4) is 0 Å². The summed E-state index contributed by atoms with van der Waals surface area (Å²) in [6.45, 7) is 2.33. The summed E-state index contributed by atoms with van der Waals surface area (Å²) >= 11 is 0. The Labute approximate surface area is 163 Å². The van der Waals surface area contributed by atoms with E-state index in [1.807, 2.05) is 30.3 Å². The van der Waals surface area contributed by atoms with Crippen LogP contribution < -0.4 is 5.32 Å². The van der Waals surface area contributed by atoms with E-state index in [-0.39, 0.29) is 24.3 Å². The molecule has 0 bridgehead atoms. The fourth-order valence-electron chi connectivity index (χ4n) is 3.82. The summed E-state index contributed by atoms with van der Waals surface area (Å²) in [7, 11) is 0. The van der Waals surface area contributed by atoms with Gasteiger partial charge in [-0.1, -0.05) is 25.1 Å². The van der Waals surface area contributed by atoms with Crippen molar-refractivity contribution in [2.24, 2.45) is 11.8 Å². The summed E-state index contributed by atoms with van der Waals surface area (Å²) in [4.78, 5) is 21.4. The third-order valence-electron chi connectivity index (χ3n) is 5.42. The lowest BCUT2D eigenvalue weighted by Gasteiger charge is -2.15. The first kappa shape index (κ1) is 18.3. The molecule has 0 spiro atoms. The third kappa shape index (κ3) is 3.66. The molecule has 4 rings (SSSR count). The van der Waals surface area contributed by atoms with Crippen LogP contribution in [0.2, 0.25) is 0 Å². The number of carbonyl (C=O) groups is 1. The van der Waals surface area contributed by atoms with E-state index < -0.39 is 0 Å². The lowest BCUT2D eigenvalue weighted by atomic mass is 10.00. The zero-order valence-corrected chi connectivity index (χ0v) is 15.7. The molecule has 28 heavy (non-hydrogen) atoms. The molecule has 3 aromatic rings. The number of anilines is 1. The number of rotatable bonds is 6. The Balaban J connectivity index is 1.55. The second-order valence-corrected chi connectivity index (χ2v) is 7.33. The van der Waals surface area contributed by atoms with Crippen LogP contribution in [0.1, 0.15) is 35.8 Å². The van der Waals surface area contributed by atoms with E-state index in [0.717, 1.165) is 18.5 Å². The van der Waals surface area contributed by atoms with Crippen LogP contribution in [0.5, 0.6) is 0 Å². The van der Waals surface area contributed by atoms with Crippen LogP contribution in [0, 0.1) is 11.8 Å². The topological polar surface area (TPSA) is 92.9 Å². The minimum Gasteiger partial charge on any atom is -0.396 e. The van der Waals surface area contributed by atoms with Crippen LogP contribution in [0.15, 0.2) is 55.1 Å². The van der Waals surface area contributed by atoms with Gasteiger partial charge in [-0.25, -0.2) is 14.6 Å². The molecule has 0 unspecified atom stereocenters. The van der Waals surface area contributed by atoms with Gasteiger partial charge in [0.2, 0.25) is 5.78 Å². The number of aliphatic hydroxyl groups is 1. The van der Waals surface area contributed by atoms with Crippen molar-refractivity contribution >= 4 is 11.6 Å². The first-order valence-corrected chi connectivity index (χ1v) is 9.49. The fourth-order valence-corrected chi connectivity index (χ4v) is 3.82. The fraction of sp³-hybridized carbons (Fsp3) is 0.333. The summed E-state index contributed by atoms with van der Waals surface area (Å²) in [5, 5.41) is 17.3. The molecule has 7 nitrogen and oxygen atoms in total. The first-order chi connectivity index (χ1) is 13.7. The number of hydrogen-bond acceptors (Lipinski definition) is 6. The predicted octanol–water partition coefficient (Wildman–Crippen LogP) is 2.71. The molecule has 1 saturated carbocycles. The number of para-hydroxylation sites is 1. The zero-order valence-electron chi connectivity index (χ0n) is 15.7. The Bertz CT molecular complexity index is 956. The molecule has 7 heteroatoms. The summed E-state index contributed by atoms with van der Waals surface area (Å²) in [6.07, 6.45) is 6.53. The minimum atomic E-state index is -0.220. The third-order valence-corrected chi connectivity index (χ3v) is 5.42. The number of aromatic nitrogens is 4. The van der Waals surface area contributed by atoms with E-state index >= 15 is 0 Å². The standard InChI is InChI=1S/C21H23N5O2/c1-14-9-16(10-15(14)12-27)24-21-18(11-22-13-23-21)20(28)19-7-8-26(25-19)17-5-3-2-4-6-17/h2-8,11,13-16,27H,9-10,12H2,1H3,(H,22,23,24)/t14-,15+,16-/m0/s1. The number of nitrogens with one attached hydrogen (secondary N) is 1.